The summed E-state index contributed by atoms with van der Waals surface area (Å²) in [5, 5.41) is 4.43. The maximum Gasteiger partial charge on any atom is 0.266 e. The van der Waals surface area contributed by atoms with Crippen LogP contribution in [-0.2, 0) is 20.8 Å². The molecule has 0 saturated carbocycles. The molecule has 1 fully saturated rings. The lowest BCUT2D eigenvalue weighted by molar-refractivity contribution is -0.136. The summed E-state index contributed by atoms with van der Waals surface area (Å²) in [5.74, 6) is -1.63. The number of carbonyl (C=O) groups is 5. The Labute approximate surface area is 247 Å². The van der Waals surface area contributed by atoms with Gasteiger partial charge in [-0.25, -0.2) is 0 Å². The third-order valence-electron chi connectivity index (χ3n) is 8.19. The number of aromatic amines is 1. The minimum Gasteiger partial charge on any atom is -0.493 e. The van der Waals surface area contributed by atoms with Crippen LogP contribution in [0.2, 0.25) is 0 Å². The molecule has 0 spiro atoms. The number of ketones is 1. The molecule has 43 heavy (non-hydrogen) atoms. The minimum absolute atomic E-state index is 0.0685. The number of aryl methyl sites for hydroxylation is 1. The first kappa shape index (κ1) is 28.3. The zero-order valence-electron chi connectivity index (χ0n) is 23.7. The van der Waals surface area contributed by atoms with Crippen LogP contribution in [0.15, 0.2) is 54.9 Å². The smallest absolute Gasteiger partial charge is 0.266 e. The highest BCUT2D eigenvalue weighted by atomic mass is 16.5. The van der Waals surface area contributed by atoms with Crippen LogP contribution in [0.4, 0.5) is 0 Å². The predicted molar refractivity (Wildman–Crippen MR) is 159 cm³/mol. The number of Topliss-reactive ketones (excluding diaryl/α,β-unsaturated/α-hetero) is 1. The number of amides is 4. The van der Waals surface area contributed by atoms with E-state index in [2.05, 4.69) is 33.5 Å². The summed E-state index contributed by atoms with van der Waals surface area (Å²) < 4.78 is 5.88. The average molecular weight is 581 g/mol. The molecule has 2 N–H and O–H groups in total. The minimum atomic E-state index is -1.01. The molecule has 2 aliphatic heterocycles. The number of nitrogens with zero attached hydrogens (tertiary/aromatic N) is 2. The van der Waals surface area contributed by atoms with Gasteiger partial charge in [0, 0.05) is 53.5 Å². The summed E-state index contributed by atoms with van der Waals surface area (Å²) in [4.78, 5) is 71.0. The van der Waals surface area contributed by atoms with E-state index >= 15 is 0 Å². The molecule has 10 nitrogen and oxygen atoms in total. The molecular weight excluding hydrogens is 548 g/mol. The molecule has 0 aliphatic carbocycles. The molecule has 6 rings (SSSR count). The number of nitrogens with one attached hydrogen (secondary N) is 2. The van der Waals surface area contributed by atoms with Crippen LogP contribution in [0.5, 0.6) is 5.75 Å². The van der Waals surface area contributed by atoms with Gasteiger partial charge in [0.1, 0.15) is 17.6 Å². The van der Waals surface area contributed by atoms with E-state index in [1.54, 1.807) is 24.4 Å². The second-order valence-electron chi connectivity index (χ2n) is 11.1. The number of piperidine rings is 1. The number of rotatable bonds is 12. The number of H-pyrrole nitrogens is 1. The second kappa shape index (κ2) is 12.2. The summed E-state index contributed by atoms with van der Waals surface area (Å²) >= 11 is 0. The standard InChI is InChI=1S/C33H32N4O6/c38-21(11-9-20-10-12-22-24-19-34-16-15-25(24)35-26(22)18-20)6-3-1-2-4-17-43-28-8-5-7-23-30(28)33(42)37(32(23)41)27-13-14-29(39)36-31(27)40/h5,7-8,10,12,15-16,18-19,27,35H,1-4,6,9,11,13-14,17H2,(H,36,39,40). The molecule has 220 valence electrons. The van der Waals surface area contributed by atoms with Gasteiger partial charge in [0.25, 0.3) is 11.8 Å². The van der Waals surface area contributed by atoms with Crippen LogP contribution in [0.3, 0.4) is 0 Å². The van der Waals surface area contributed by atoms with E-state index in [0.29, 0.717) is 31.6 Å². The molecule has 0 radical (unpaired) electrons. The number of benzene rings is 2. The average Bonchev–Trinajstić information content (AvgIpc) is 3.50. The quantitative estimate of drug-likeness (QED) is 0.184. The maximum absolute atomic E-state index is 13.2. The molecule has 4 aromatic rings. The van der Waals surface area contributed by atoms with Crippen molar-refractivity contribution in [2.24, 2.45) is 0 Å². The van der Waals surface area contributed by atoms with Crippen LogP contribution in [-0.4, -0.2) is 56.9 Å². The van der Waals surface area contributed by atoms with Crippen molar-refractivity contribution in [3.63, 3.8) is 0 Å². The lowest BCUT2D eigenvalue weighted by Crippen LogP contribution is -2.54. The number of imide groups is 2. The number of aromatic nitrogens is 2. The van der Waals surface area contributed by atoms with Crippen molar-refractivity contribution in [1.29, 1.82) is 0 Å². The van der Waals surface area contributed by atoms with Crippen LogP contribution < -0.4 is 10.1 Å². The zero-order chi connectivity index (χ0) is 29.9. The third kappa shape index (κ3) is 5.77. The van der Waals surface area contributed by atoms with Crippen LogP contribution in [0.25, 0.3) is 21.8 Å². The Hall–Kier alpha value is -4.86. The fraction of sp³-hybridized carbons (Fsp3) is 0.333. The molecule has 1 saturated heterocycles. The van der Waals surface area contributed by atoms with E-state index in [1.165, 1.54) is 0 Å². The van der Waals surface area contributed by atoms with Gasteiger partial charge in [-0.1, -0.05) is 31.0 Å². The van der Waals surface area contributed by atoms with Crippen molar-refractivity contribution in [1.82, 2.24) is 20.2 Å². The van der Waals surface area contributed by atoms with E-state index in [4.69, 9.17) is 4.74 Å². The van der Waals surface area contributed by atoms with Crippen molar-refractivity contribution in [2.75, 3.05) is 6.61 Å². The highest BCUT2D eigenvalue weighted by Gasteiger charge is 2.46. The SMILES string of the molecule is O=C(CCCCCCOc1cccc2c1C(=O)N(C1CCC(=O)NC1=O)C2=O)CCc1ccc2c(c1)[nH]c1ccncc12. The number of fused-ring (bicyclic) bond motifs is 4. The zero-order valence-corrected chi connectivity index (χ0v) is 23.7. The Balaban J connectivity index is 0.922. The molecule has 2 aliphatic rings. The van der Waals surface area contributed by atoms with Gasteiger partial charge in [0.2, 0.25) is 11.8 Å². The highest BCUT2D eigenvalue weighted by molar-refractivity contribution is 6.24. The first-order valence-corrected chi connectivity index (χ1v) is 14.7. The van der Waals surface area contributed by atoms with Crippen LogP contribution >= 0.6 is 0 Å². The van der Waals surface area contributed by atoms with Gasteiger partial charge in [-0.2, -0.15) is 0 Å². The summed E-state index contributed by atoms with van der Waals surface area (Å²) in [5.41, 5.74) is 3.59. The Morgan fingerprint density at radius 2 is 1.79 bits per heavy atom. The third-order valence-corrected chi connectivity index (χ3v) is 8.19. The van der Waals surface area contributed by atoms with E-state index in [9.17, 15) is 24.0 Å². The number of ether oxygens (including phenoxy) is 1. The molecule has 1 unspecified atom stereocenters. The Kier molecular flexibility index (Phi) is 8.00. The van der Waals surface area contributed by atoms with Crippen molar-refractivity contribution in [2.45, 2.75) is 63.8 Å². The summed E-state index contributed by atoms with van der Waals surface area (Å²) in [7, 11) is 0. The van der Waals surface area contributed by atoms with Crippen molar-refractivity contribution in [3.8, 4) is 5.75 Å². The van der Waals surface area contributed by atoms with Gasteiger partial charge in [-0.3, -0.25) is 39.2 Å². The maximum atomic E-state index is 13.2. The molecule has 10 heteroatoms. The lowest BCUT2D eigenvalue weighted by atomic mass is 10.0. The molecule has 2 aromatic carbocycles. The lowest BCUT2D eigenvalue weighted by Gasteiger charge is -2.27. The Morgan fingerprint density at radius 3 is 2.65 bits per heavy atom. The van der Waals surface area contributed by atoms with Gasteiger partial charge >= 0.3 is 0 Å². The van der Waals surface area contributed by atoms with E-state index in [0.717, 1.165) is 58.0 Å². The normalized spacial score (nSPS) is 16.7. The summed E-state index contributed by atoms with van der Waals surface area (Å²) in [6.07, 6.45) is 8.86. The van der Waals surface area contributed by atoms with Gasteiger partial charge in [-0.05, 0) is 55.5 Å². The number of hydrogen-bond acceptors (Lipinski definition) is 7. The first-order chi connectivity index (χ1) is 20.9. The van der Waals surface area contributed by atoms with Gasteiger partial charge in [-0.15, -0.1) is 0 Å². The summed E-state index contributed by atoms with van der Waals surface area (Å²) in [6, 6.07) is 12.1. The number of unbranched alkanes of at least 4 members (excludes halogenated alkanes) is 3. The molecule has 4 heterocycles. The van der Waals surface area contributed by atoms with Crippen molar-refractivity contribution in [3.05, 3.63) is 71.5 Å². The van der Waals surface area contributed by atoms with E-state index < -0.39 is 29.7 Å². The van der Waals surface area contributed by atoms with Crippen molar-refractivity contribution >= 4 is 51.2 Å². The monoisotopic (exact) mass is 580 g/mol. The molecule has 1 atom stereocenters. The summed E-state index contributed by atoms with van der Waals surface area (Å²) in [6.45, 7) is 0.358. The highest BCUT2D eigenvalue weighted by Crippen LogP contribution is 2.34. The van der Waals surface area contributed by atoms with Crippen LogP contribution in [0, 0.1) is 0 Å². The topological polar surface area (TPSA) is 139 Å². The first-order valence-electron chi connectivity index (χ1n) is 14.7. The van der Waals surface area contributed by atoms with Gasteiger partial charge in [0.15, 0.2) is 0 Å². The number of hydrogen-bond donors (Lipinski definition) is 2. The fourth-order valence-electron chi connectivity index (χ4n) is 5.92. The van der Waals surface area contributed by atoms with Gasteiger partial charge in [0.05, 0.1) is 17.7 Å². The molecular formula is C33H32N4O6. The number of pyridine rings is 1. The van der Waals surface area contributed by atoms with Gasteiger partial charge < -0.3 is 9.72 Å². The fourth-order valence-corrected chi connectivity index (χ4v) is 5.92. The molecule has 0 bridgehead atoms. The second-order valence-corrected chi connectivity index (χ2v) is 11.1. The van der Waals surface area contributed by atoms with Crippen molar-refractivity contribution < 1.29 is 28.7 Å². The molecule has 2 aromatic heterocycles. The Bertz CT molecular complexity index is 1760. The largest absolute Gasteiger partial charge is 0.493 e. The number of carbonyl (C=O) groups excluding carboxylic acids is 5. The van der Waals surface area contributed by atoms with E-state index in [-0.39, 0.29) is 29.8 Å². The van der Waals surface area contributed by atoms with Crippen LogP contribution in [0.1, 0.15) is 77.6 Å². The molecule has 4 amide bonds. The predicted octanol–water partition coefficient (Wildman–Crippen LogP) is 4.65. The van der Waals surface area contributed by atoms with E-state index in [1.807, 2.05) is 12.3 Å². The Morgan fingerprint density at radius 1 is 0.930 bits per heavy atom.